The van der Waals surface area contributed by atoms with Crippen LogP contribution in [0, 0.1) is 0 Å². The highest BCUT2D eigenvalue weighted by molar-refractivity contribution is 7.18. The van der Waals surface area contributed by atoms with Gasteiger partial charge in [-0.2, -0.15) is 0 Å². The van der Waals surface area contributed by atoms with Gasteiger partial charge in [0.05, 0.1) is 20.9 Å². The van der Waals surface area contributed by atoms with Crippen molar-refractivity contribution in [3.8, 4) is 0 Å². The van der Waals surface area contributed by atoms with Gasteiger partial charge in [0.15, 0.2) is 0 Å². The first-order chi connectivity index (χ1) is 9.65. The Morgan fingerprint density at radius 2 is 2.00 bits per heavy atom. The number of fused-ring (bicyclic) bond motifs is 1. The summed E-state index contributed by atoms with van der Waals surface area (Å²) >= 11 is 1.71. The molecule has 1 aromatic carbocycles. The first-order valence-electron chi connectivity index (χ1n) is 6.59. The molecule has 0 aliphatic rings. The second-order valence-electron chi connectivity index (χ2n) is 5.03. The highest BCUT2D eigenvalue weighted by Gasteiger charge is 2.15. The van der Waals surface area contributed by atoms with E-state index in [1.54, 1.807) is 11.3 Å². The first-order valence-corrected chi connectivity index (χ1v) is 7.40. The van der Waals surface area contributed by atoms with E-state index in [0.29, 0.717) is 18.2 Å². The number of thiazole rings is 1. The van der Waals surface area contributed by atoms with E-state index in [0.717, 1.165) is 21.8 Å². The minimum Gasteiger partial charge on any atom is -0.383 e. The Bertz CT molecular complexity index is 715. The fraction of sp³-hybridized carbons (Fsp3) is 0.267. The van der Waals surface area contributed by atoms with Crippen LogP contribution in [0.5, 0.6) is 0 Å². The molecule has 2 aromatic heterocycles. The number of para-hydroxylation sites is 1. The second-order valence-corrected chi connectivity index (χ2v) is 6.14. The quantitative estimate of drug-likeness (QED) is 0.800. The zero-order chi connectivity index (χ0) is 14.1. The Morgan fingerprint density at radius 1 is 1.20 bits per heavy atom. The van der Waals surface area contributed by atoms with Crippen molar-refractivity contribution in [3.05, 3.63) is 46.9 Å². The minimum absolute atomic E-state index is 0.306. The molecule has 0 bridgehead atoms. The molecular formula is C15H16N4S. The summed E-state index contributed by atoms with van der Waals surface area (Å²) in [7, 11) is 0. The fourth-order valence-corrected chi connectivity index (χ4v) is 3.33. The van der Waals surface area contributed by atoms with Gasteiger partial charge in [-0.05, 0) is 18.1 Å². The van der Waals surface area contributed by atoms with Crippen LogP contribution in [-0.4, -0.2) is 15.0 Å². The normalized spacial score (nSPS) is 11.3. The molecule has 0 aliphatic carbocycles. The van der Waals surface area contributed by atoms with Crippen molar-refractivity contribution in [3.63, 3.8) is 0 Å². The molecule has 0 saturated carbocycles. The molecule has 0 spiro atoms. The van der Waals surface area contributed by atoms with Gasteiger partial charge in [-0.15, -0.1) is 11.3 Å². The largest absolute Gasteiger partial charge is 0.383 e. The van der Waals surface area contributed by atoms with Crippen LogP contribution in [0.4, 0.5) is 5.82 Å². The number of nitrogen functional groups attached to an aromatic ring is 1. The van der Waals surface area contributed by atoms with E-state index in [1.807, 2.05) is 18.2 Å². The summed E-state index contributed by atoms with van der Waals surface area (Å²) in [6.07, 6.45) is 2.24. The van der Waals surface area contributed by atoms with Crippen molar-refractivity contribution >= 4 is 27.4 Å². The summed E-state index contributed by atoms with van der Waals surface area (Å²) in [5, 5.41) is 1.06. The van der Waals surface area contributed by atoms with Gasteiger partial charge in [0.25, 0.3) is 0 Å². The van der Waals surface area contributed by atoms with E-state index in [4.69, 9.17) is 5.73 Å². The van der Waals surface area contributed by atoms with Gasteiger partial charge >= 0.3 is 0 Å². The summed E-state index contributed by atoms with van der Waals surface area (Å²) in [6, 6.07) is 8.17. The molecule has 0 amide bonds. The van der Waals surface area contributed by atoms with Crippen LogP contribution in [0.25, 0.3) is 10.2 Å². The molecule has 0 unspecified atom stereocenters. The molecule has 5 heteroatoms. The van der Waals surface area contributed by atoms with Crippen LogP contribution in [0.15, 0.2) is 30.6 Å². The van der Waals surface area contributed by atoms with Crippen LogP contribution in [0.2, 0.25) is 0 Å². The van der Waals surface area contributed by atoms with Gasteiger partial charge in [0.1, 0.15) is 12.1 Å². The third-order valence-electron chi connectivity index (χ3n) is 3.23. The maximum absolute atomic E-state index is 5.98. The SMILES string of the molecule is CC(C)c1c(N)ncnc1Cc1nc2ccccc2s1. The Hall–Kier alpha value is -2.01. The molecule has 0 fully saturated rings. The third kappa shape index (κ3) is 2.36. The number of anilines is 1. The topological polar surface area (TPSA) is 64.7 Å². The zero-order valence-corrected chi connectivity index (χ0v) is 12.3. The molecule has 4 nitrogen and oxygen atoms in total. The van der Waals surface area contributed by atoms with Crippen molar-refractivity contribution in [2.75, 3.05) is 5.73 Å². The lowest BCUT2D eigenvalue weighted by Crippen LogP contribution is -2.07. The van der Waals surface area contributed by atoms with Crippen LogP contribution < -0.4 is 5.73 Å². The molecule has 0 atom stereocenters. The zero-order valence-electron chi connectivity index (χ0n) is 11.5. The Morgan fingerprint density at radius 3 is 2.75 bits per heavy atom. The molecule has 3 rings (SSSR count). The van der Waals surface area contributed by atoms with Crippen LogP contribution in [0.1, 0.15) is 36.0 Å². The van der Waals surface area contributed by atoms with E-state index in [2.05, 4.69) is 34.9 Å². The van der Waals surface area contributed by atoms with E-state index < -0.39 is 0 Å². The van der Waals surface area contributed by atoms with Gasteiger partial charge in [0, 0.05) is 12.0 Å². The van der Waals surface area contributed by atoms with Gasteiger partial charge in [-0.3, -0.25) is 0 Å². The van der Waals surface area contributed by atoms with Crippen molar-refractivity contribution in [1.29, 1.82) is 0 Å². The fourth-order valence-electron chi connectivity index (χ4n) is 2.36. The summed E-state index contributed by atoms with van der Waals surface area (Å²) < 4.78 is 1.20. The van der Waals surface area contributed by atoms with Crippen LogP contribution in [0.3, 0.4) is 0 Å². The van der Waals surface area contributed by atoms with Crippen molar-refractivity contribution in [2.45, 2.75) is 26.2 Å². The number of rotatable bonds is 3. The molecule has 20 heavy (non-hydrogen) atoms. The molecular weight excluding hydrogens is 268 g/mol. The van der Waals surface area contributed by atoms with Gasteiger partial charge in [-0.25, -0.2) is 15.0 Å². The Kier molecular flexibility index (Phi) is 3.36. The summed E-state index contributed by atoms with van der Waals surface area (Å²) in [5.41, 5.74) is 9.04. The minimum atomic E-state index is 0.306. The lowest BCUT2D eigenvalue weighted by Gasteiger charge is -2.12. The Labute approximate surface area is 121 Å². The second kappa shape index (κ2) is 5.17. The smallest absolute Gasteiger partial charge is 0.130 e. The molecule has 0 radical (unpaired) electrons. The maximum Gasteiger partial charge on any atom is 0.130 e. The molecule has 3 aromatic rings. The monoisotopic (exact) mass is 284 g/mol. The van der Waals surface area contributed by atoms with Gasteiger partial charge in [0.2, 0.25) is 0 Å². The van der Waals surface area contributed by atoms with E-state index in [1.165, 1.54) is 11.0 Å². The van der Waals surface area contributed by atoms with Crippen molar-refractivity contribution < 1.29 is 0 Å². The number of aromatic nitrogens is 3. The average molecular weight is 284 g/mol. The highest BCUT2D eigenvalue weighted by Crippen LogP contribution is 2.27. The van der Waals surface area contributed by atoms with Crippen molar-refractivity contribution in [1.82, 2.24) is 15.0 Å². The molecule has 2 N–H and O–H groups in total. The lowest BCUT2D eigenvalue weighted by molar-refractivity contribution is 0.820. The predicted octanol–water partition coefficient (Wildman–Crippen LogP) is 3.38. The molecule has 102 valence electrons. The standard InChI is InChI=1S/C15H16N4S/c1-9(2)14-11(17-8-18-15(14)16)7-13-19-10-5-3-4-6-12(10)20-13/h3-6,8-9H,7H2,1-2H3,(H2,16,17,18). The maximum atomic E-state index is 5.98. The summed E-state index contributed by atoms with van der Waals surface area (Å²) in [6.45, 7) is 4.22. The molecule has 0 aliphatic heterocycles. The molecule has 0 saturated heterocycles. The van der Waals surface area contributed by atoms with E-state index in [9.17, 15) is 0 Å². The molecule has 2 heterocycles. The van der Waals surface area contributed by atoms with Gasteiger partial charge in [-0.1, -0.05) is 26.0 Å². The Balaban J connectivity index is 2.00. The first kappa shape index (κ1) is 13.0. The van der Waals surface area contributed by atoms with Crippen LogP contribution in [-0.2, 0) is 6.42 Å². The van der Waals surface area contributed by atoms with Crippen LogP contribution >= 0.6 is 11.3 Å². The van der Waals surface area contributed by atoms with E-state index in [-0.39, 0.29) is 0 Å². The average Bonchev–Trinajstić information content (AvgIpc) is 2.80. The number of benzene rings is 1. The lowest BCUT2D eigenvalue weighted by atomic mass is 10.0. The van der Waals surface area contributed by atoms with E-state index >= 15 is 0 Å². The highest BCUT2D eigenvalue weighted by atomic mass is 32.1. The summed E-state index contributed by atoms with van der Waals surface area (Å²) in [4.78, 5) is 13.2. The number of hydrogen-bond donors (Lipinski definition) is 1. The third-order valence-corrected chi connectivity index (χ3v) is 4.27. The number of nitrogens with two attached hydrogens (primary N) is 1. The number of hydrogen-bond acceptors (Lipinski definition) is 5. The summed E-state index contributed by atoms with van der Waals surface area (Å²) in [5.74, 6) is 0.881. The predicted molar refractivity (Wildman–Crippen MR) is 83.0 cm³/mol. The van der Waals surface area contributed by atoms with Gasteiger partial charge < -0.3 is 5.73 Å². The number of nitrogens with zero attached hydrogens (tertiary/aromatic N) is 3. The van der Waals surface area contributed by atoms with Crippen molar-refractivity contribution in [2.24, 2.45) is 0 Å².